The van der Waals surface area contributed by atoms with Crippen molar-refractivity contribution in [2.75, 3.05) is 0 Å². The third-order valence-electron chi connectivity index (χ3n) is 3.48. The number of fused-ring (bicyclic) bond motifs is 1. The molecule has 0 spiro atoms. The van der Waals surface area contributed by atoms with Gasteiger partial charge >= 0.3 is 0 Å². The van der Waals surface area contributed by atoms with Crippen LogP contribution in [0.1, 0.15) is 36.1 Å². The van der Waals surface area contributed by atoms with Gasteiger partial charge in [-0.25, -0.2) is 4.98 Å². The van der Waals surface area contributed by atoms with Crippen LogP contribution in [0.3, 0.4) is 0 Å². The van der Waals surface area contributed by atoms with E-state index in [1.54, 1.807) is 0 Å². The van der Waals surface area contributed by atoms with Gasteiger partial charge < -0.3 is 10.3 Å². The van der Waals surface area contributed by atoms with E-state index in [1.807, 2.05) is 6.07 Å². The predicted molar refractivity (Wildman–Crippen MR) is 75.3 cm³/mol. The number of imidazole rings is 1. The average Bonchev–Trinajstić information content (AvgIpc) is 2.69. The molecule has 1 aliphatic rings. The molecule has 0 bridgehead atoms. The Morgan fingerprint density at radius 3 is 2.89 bits per heavy atom. The van der Waals surface area contributed by atoms with Crippen molar-refractivity contribution in [3.8, 4) is 0 Å². The fourth-order valence-corrected chi connectivity index (χ4v) is 3.21. The summed E-state index contributed by atoms with van der Waals surface area (Å²) in [5.41, 5.74) is 8.74. The molecule has 3 rings (SSSR count). The SMILES string of the molecule is NC1CCCc2c(Br)nc(Cc3ccccc3)n21. The Bertz CT molecular complexity index is 548. The third-order valence-corrected chi connectivity index (χ3v) is 4.12. The average molecular weight is 306 g/mol. The number of aromatic nitrogens is 2. The van der Waals surface area contributed by atoms with Crippen LogP contribution in [0.5, 0.6) is 0 Å². The van der Waals surface area contributed by atoms with Gasteiger partial charge in [0.1, 0.15) is 10.4 Å². The van der Waals surface area contributed by atoms with E-state index < -0.39 is 0 Å². The van der Waals surface area contributed by atoms with Gasteiger partial charge in [0.05, 0.1) is 11.9 Å². The lowest BCUT2D eigenvalue weighted by Crippen LogP contribution is -2.26. The Hall–Kier alpha value is -1.13. The molecule has 18 heavy (non-hydrogen) atoms. The van der Waals surface area contributed by atoms with Crippen molar-refractivity contribution >= 4 is 15.9 Å². The molecular weight excluding hydrogens is 290 g/mol. The molecule has 2 aromatic rings. The van der Waals surface area contributed by atoms with E-state index >= 15 is 0 Å². The maximum absolute atomic E-state index is 6.22. The molecule has 0 saturated carbocycles. The van der Waals surface area contributed by atoms with Crippen LogP contribution in [-0.4, -0.2) is 9.55 Å². The van der Waals surface area contributed by atoms with E-state index in [-0.39, 0.29) is 6.17 Å². The second-order valence-corrected chi connectivity index (χ2v) is 5.51. The van der Waals surface area contributed by atoms with Crippen LogP contribution in [0.4, 0.5) is 0 Å². The van der Waals surface area contributed by atoms with E-state index in [4.69, 9.17) is 5.73 Å². The van der Waals surface area contributed by atoms with Crippen LogP contribution in [0.25, 0.3) is 0 Å². The second-order valence-electron chi connectivity index (χ2n) is 4.76. The first-order valence-corrected chi connectivity index (χ1v) is 7.10. The maximum Gasteiger partial charge on any atom is 0.127 e. The number of hydrogen-bond donors (Lipinski definition) is 1. The summed E-state index contributed by atoms with van der Waals surface area (Å²) in [7, 11) is 0. The van der Waals surface area contributed by atoms with Gasteiger partial charge in [0, 0.05) is 6.42 Å². The summed E-state index contributed by atoms with van der Waals surface area (Å²) >= 11 is 3.56. The Balaban J connectivity index is 1.98. The summed E-state index contributed by atoms with van der Waals surface area (Å²) in [6, 6.07) is 10.4. The van der Waals surface area contributed by atoms with Crippen molar-refractivity contribution < 1.29 is 0 Å². The molecule has 1 aromatic carbocycles. The molecular formula is C14H16BrN3. The van der Waals surface area contributed by atoms with Crippen molar-refractivity contribution in [2.24, 2.45) is 5.73 Å². The standard InChI is InChI=1S/C14H16BrN3/c15-14-11-7-4-8-12(16)18(11)13(17-14)9-10-5-2-1-3-6-10/h1-3,5-6,12H,4,7-9,16H2. The zero-order valence-electron chi connectivity index (χ0n) is 10.1. The van der Waals surface area contributed by atoms with Crippen molar-refractivity contribution in [2.45, 2.75) is 31.8 Å². The number of benzene rings is 1. The zero-order chi connectivity index (χ0) is 12.5. The van der Waals surface area contributed by atoms with Crippen LogP contribution < -0.4 is 5.73 Å². The van der Waals surface area contributed by atoms with Crippen LogP contribution in [-0.2, 0) is 12.8 Å². The number of nitrogens with zero attached hydrogens (tertiary/aromatic N) is 2. The molecule has 2 heterocycles. The van der Waals surface area contributed by atoms with Gasteiger partial charge in [0.2, 0.25) is 0 Å². The first-order chi connectivity index (χ1) is 8.75. The fraction of sp³-hybridized carbons (Fsp3) is 0.357. The monoisotopic (exact) mass is 305 g/mol. The third kappa shape index (κ3) is 2.10. The lowest BCUT2D eigenvalue weighted by Gasteiger charge is -2.24. The first-order valence-electron chi connectivity index (χ1n) is 6.30. The maximum atomic E-state index is 6.22. The number of rotatable bonds is 2. The normalized spacial score (nSPS) is 18.7. The summed E-state index contributed by atoms with van der Waals surface area (Å²) in [6.07, 6.45) is 4.17. The molecule has 1 unspecified atom stereocenters. The highest BCUT2D eigenvalue weighted by atomic mass is 79.9. The van der Waals surface area contributed by atoms with Crippen molar-refractivity contribution in [1.29, 1.82) is 0 Å². The van der Waals surface area contributed by atoms with E-state index in [0.29, 0.717) is 0 Å². The van der Waals surface area contributed by atoms with E-state index in [0.717, 1.165) is 36.1 Å². The molecule has 0 radical (unpaired) electrons. The van der Waals surface area contributed by atoms with E-state index in [2.05, 4.69) is 49.7 Å². The lowest BCUT2D eigenvalue weighted by molar-refractivity contribution is 0.403. The molecule has 0 saturated heterocycles. The van der Waals surface area contributed by atoms with Gasteiger partial charge in [0.15, 0.2) is 0 Å². The minimum atomic E-state index is 0.0752. The van der Waals surface area contributed by atoms with Crippen LogP contribution in [0.2, 0.25) is 0 Å². The van der Waals surface area contributed by atoms with Gasteiger partial charge in [0.25, 0.3) is 0 Å². The number of halogens is 1. The highest BCUT2D eigenvalue weighted by Crippen LogP contribution is 2.29. The molecule has 94 valence electrons. The molecule has 1 aromatic heterocycles. The van der Waals surface area contributed by atoms with Crippen molar-refractivity contribution in [1.82, 2.24) is 9.55 Å². The second kappa shape index (κ2) is 4.86. The van der Waals surface area contributed by atoms with Crippen molar-refractivity contribution in [3.63, 3.8) is 0 Å². The van der Waals surface area contributed by atoms with Gasteiger partial charge in [-0.2, -0.15) is 0 Å². The topological polar surface area (TPSA) is 43.8 Å². The smallest absolute Gasteiger partial charge is 0.127 e. The predicted octanol–water partition coefficient (Wildman–Crippen LogP) is 3.03. The molecule has 0 aliphatic carbocycles. The quantitative estimate of drug-likeness (QED) is 0.927. The van der Waals surface area contributed by atoms with E-state index in [1.165, 1.54) is 11.3 Å². The summed E-state index contributed by atoms with van der Waals surface area (Å²) < 4.78 is 3.17. The summed E-state index contributed by atoms with van der Waals surface area (Å²) in [5, 5.41) is 0. The van der Waals surface area contributed by atoms with Crippen LogP contribution in [0.15, 0.2) is 34.9 Å². The van der Waals surface area contributed by atoms with Crippen molar-refractivity contribution in [3.05, 3.63) is 52.0 Å². The Labute approximate surface area is 115 Å². The molecule has 3 nitrogen and oxygen atoms in total. The summed E-state index contributed by atoms with van der Waals surface area (Å²) in [5.74, 6) is 1.07. The van der Waals surface area contributed by atoms with Gasteiger partial charge in [-0.3, -0.25) is 0 Å². The minimum absolute atomic E-state index is 0.0752. The largest absolute Gasteiger partial charge is 0.315 e. The summed E-state index contributed by atoms with van der Waals surface area (Å²) in [6.45, 7) is 0. The first kappa shape index (κ1) is 11.9. The number of nitrogens with two attached hydrogens (primary N) is 1. The Morgan fingerprint density at radius 1 is 1.33 bits per heavy atom. The minimum Gasteiger partial charge on any atom is -0.315 e. The lowest BCUT2D eigenvalue weighted by atomic mass is 10.1. The van der Waals surface area contributed by atoms with Gasteiger partial charge in [-0.15, -0.1) is 0 Å². The van der Waals surface area contributed by atoms with Gasteiger partial charge in [-0.05, 0) is 40.8 Å². The molecule has 1 atom stereocenters. The zero-order valence-corrected chi connectivity index (χ0v) is 11.7. The fourth-order valence-electron chi connectivity index (χ4n) is 2.61. The summed E-state index contributed by atoms with van der Waals surface area (Å²) in [4.78, 5) is 4.64. The molecule has 2 N–H and O–H groups in total. The number of hydrogen-bond acceptors (Lipinski definition) is 2. The molecule has 0 amide bonds. The van der Waals surface area contributed by atoms with Crippen LogP contribution in [0, 0.1) is 0 Å². The molecule has 4 heteroatoms. The highest BCUT2D eigenvalue weighted by molar-refractivity contribution is 9.10. The molecule has 1 aliphatic heterocycles. The van der Waals surface area contributed by atoms with Crippen LogP contribution >= 0.6 is 15.9 Å². The Kier molecular flexibility index (Phi) is 3.22. The van der Waals surface area contributed by atoms with Gasteiger partial charge in [-0.1, -0.05) is 30.3 Å². The molecule has 0 fully saturated rings. The van der Waals surface area contributed by atoms with E-state index in [9.17, 15) is 0 Å². The Morgan fingerprint density at radius 2 is 2.11 bits per heavy atom. The highest BCUT2D eigenvalue weighted by Gasteiger charge is 2.23.